The van der Waals surface area contributed by atoms with Gasteiger partial charge in [-0.1, -0.05) is 28.7 Å². The van der Waals surface area contributed by atoms with Crippen molar-refractivity contribution in [1.82, 2.24) is 4.98 Å². The molecule has 3 nitrogen and oxygen atoms in total. The van der Waals surface area contributed by atoms with E-state index in [1.54, 1.807) is 30.5 Å². The van der Waals surface area contributed by atoms with Crippen molar-refractivity contribution in [2.45, 2.75) is 0 Å². The highest BCUT2D eigenvalue weighted by molar-refractivity contribution is 14.1. The van der Waals surface area contributed by atoms with Crippen LogP contribution in [0.15, 0.2) is 47.1 Å². The molecule has 0 bridgehead atoms. The molecule has 0 aliphatic carbocycles. The molecule has 0 fully saturated rings. The van der Waals surface area contributed by atoms with E-state index in [1.807, 2.05) is 17.1 Å². The summed E-state index contributed by atoms with van der Waals surface area (Å²) in [4.78, 5) is 4.91. The van der Waals surface area contributed by atoms with Gasteiger partial charge in [-0.15, -0.1) is 0 Å². The zero-order chi connectivity index (χ0) is 16.1. The minimum Gasteiger partial charge on any atom is -0.453 e. The van der Waals surface area contributed by atoms with Gasteiger partial charge in [-0.05, 0) is 45.1 Å². The second kappa shape index (κ2) is 7.61. The molecule has 0 aliphatic rings. The molecule has 2 aromatic carbocycles. The zero-order valence-electron chi connectivity index (χ0n) is 11.5. The van der Waals surface area contributed by atoms with Crippen LogP contribution in [0.3, 0.4) is 0 Å². The number of H-pyrrole nitrogens is 1. The molecule has 0 saturated carbocycles. The van der Waals surface area contributed by atoms with Crippen LogP contribution in [0.25, 0.3) is 10.9 Å². The van der Waals surface area contributed by atoms with Gasteiger partial charge in [0, 0.05) is 23.2 Å². The van der Waals surface area contributed by atoms with Crippen LogP contribution >= 0.6 is 38.5 Å². The number of nitrogens with one attached hydrogen (secondary N) is 1. The van der Waals surface area contributed by atoms with E-state index < -0.39 is 5.82 Å². The molecule has 0 spiro atoms. The smallest absolute Gasteiger partial charge is 0.177 e. The standard InChI is InChI=1S/C15H8BrFN2O.CH3I/c16-14-11-4-5-19-13(11)7-12(17)15(14)20-10-3-1-2-9(6-10)8-18;1-2/h1-7,19H;1H3. The van der Waals surface area contributed by atoms with Crippen molar-refractivity contribution in [2.24, 2.45) is 0 Å². The Morgan fingerprint density at radius 2 is 2.05 bits per heavy atom. The fourth-order valence-corrected chi connectivity index (χ4v) is 2.57. The quantitative estimate of drug-likeness (QED) is 0.379. The summed E-state index contributed by atoms with van der Waals surface area (Å²) in [7, 11) is 0. The van der Waals surface area contributed by atoms with Crippen LogP contribution in [0.2, 0.25) is 0 Å². The Labute approximate surface area is 149 Å². The molecule has 1 N–H and O–H groups in total. The lowest BCUT2D eigenvalue weighted by atomic mass is 10.2. The second-order valence-corrected chi connectivity index (χ2v) is 4.98. The number of ether oxygens (including phenoxy) is 1. The Kier molecular flexibility index (Phi) is 5.80. The number of nitriles is 1. The van der Waals surface area contributed by atoms with E-state index in [1.165, 1.54) is 6.07 Å². The van der Waals surface area contributed by atoms with Gasteiger partial charge in [0.25, 0.3) is 0 Å². The Balaban J connectivity index is 0.000000847. The highest BCUT2D eigenvalue weighted by atomic mass is 127. The number of halogens is 3. The van der Waals surface area contributed by atoms with Gasteiger partial charge in [-0.2, -0.15) is 5.26 Å². The van der Waals surface area contributed by atoms with Crippen molar-refractivity contribution in [3.05, 3.63) is 58.4 Å². The minimum absolute atomic E-state index is 0.104. The number of alkyl halides is 1. The predicted octanol–water partition coefficient (Wildman–Crippen LogP) is 5.78. The third kappa shape index (κ3) is 3.42. The molecule has 0 radical (unpaired) electrons. The van der Waals surface area contributed by atoms with Gasteiger partial charge in [0.2, 0.25) is 0 Å². The highest BCUT2D eigenvalue weighted by Gasteiger charge is 2.14. The summed E-state index contributed by atoms with van der Waals surface area (Å²) < 4.78 is 20.2. The molecule has 1 heterocycles. The van der Waals surface area contributed by atoms with Crippen LogP contribution in [0, 0.1) is 17.1 Å². The summed E-state index contributed by atoms with van der Waals surface area (Å²) in [6.45, 7) is 0. The average molecular weight is 473 g/mol. The van der Waals surface area contributed by atoms with Crippen LogP contribution in [0.1, 0.15) is 5.56 Å². The van der Waals surface area contributed by atoms with E-state index in [-0.39, 0.29) is 5.75 Å². The molecule has 0 atom stereocenters. The maximum Gasteiger partial charge on any atom is 0.177 e. The van der Waals surface area contributed by atoms with Gasteiger partial charge in [-0.25, -0.2) is 4.39 Å². The monoisotopic (exact) mass is 472 g/mol. The van der Waals surface area contributed by atoms with Crippen molar-refractivity contribution < 1.29 is 9.13 Å². The van der Waals surface area contributed by atoms with Crippen LogP contribution in [0.4, 0.5) is 4.39 Å². The van der Waals surface area contributed by atoms with Gasteiger partial charge in [0.15, 0.2) is 11.6 Å². The van der Waals surface area contributed by atoms with E-state index in [9.17, 15) is 4.39 Å². The van der Waals surface area contributed by atoms with Gasteiger partial charge in [-0.3, -0.25) is 0 Å². The summed E-state index contributed by atoms with van der Waals surface area (Å²) in [5, 5.41) is 9.69. The van der Waals surface area contributed by atoms with E-state index in [4.69, 9.17) is 10.00 Å². The number of aromatic nitrogens is 1. The van der Waals surface area contributed by atoms with Crippen LogP contribution in [0.5, 0.6) is 11.5 Å². The number of hydrogen-bond donors (Lipinski definition) is 1. The van der Waals surface area contributed by atoms with Gasteiger partial charge >= 0.3 is 0 Å². The number of nitrogens with zero attached hydrogens (tertiary/aromatic N) is 1. The third-order valence-corrected chi connectivity index (χ3v) is 3.67. The number of aromatic amines is 1. The molecule has 3 aromatic rings. The Morgan fingerprint density at radius 3 is 2.77 bits per heavy atom. The first-order valence-corrected chi connectivity index (χ1v) is 9.15. The Morgan fingerprint density at radius 1 is 1.27 bits per heavy atom. The predicted molar refractivity (Wildman–Crippen MR) is 97.1 cm³/mol. The van der Waals surface area contributed by atoms with Crippen LogP contribution in [-0.4, -0.2) is 9.91 Å². The average Bonchev–Trinajstić information content (AvgIpc) is 3.02. The van der Waals surface area contributed by atoms with Crippen molar-refractivity contribution >= 4 is 49.4 Å². The normalized spacial score (nSPS) is 9.77. The first-order valence-electron chi connectivity index (χ1n) is 6.20. The molecule has 1 aromatic heterocycles. The van der Waals surface area contributed by atoms with Crippen molar-refractivity contribution in [1.29, 1.82) is 5.26 Å². The maximum absolute atomic E-state index is 14.1. The summed E-state index contributed by atoms with van der Waals surface area (Å²) in [5.41, 5.74) is 1.15. The Bertz CT molecular complexity index is 842. The van der Waals surface area contributed by atoms with Crippen LogP contribution < -0.4 is 4.74 Å². The van der Waals surface area contributed by atoms with E-state index in [2.05, 4.69) is 43.5 Å². The molecule has 3 rings (SSSR count). The molecule has 22 heavy (non-hydrogen) atoms. The molecule has 0 amide bonds. The van der Waals surface area contributed by atoms with Crippen molar-refractivity contribution in [3.8, 4) is 17.6 Å². The fraction of sp³-hybridized carbons (Fsp3) is 0.0625. The molecular weight excluding hydrogens is 462 g/mol. The SMILES string of the molecule is CI.N#Cc1cccc(Oc2c(F)cc3[nH]ccc3c2Br)c1. The van der Waals surface area contributed by atoms with Crippen LogP contribution in [-0.2, 0) is 0 Å². The molecule has 0 aliphatic heterocycles. The first kappa shape index (κ1) is 16.8. The molecule has 0 unspecified atom stereocenters. The number of fused-ring (bicyclic) bond motifs is 1. The van der Waals surface area contributed by atoms with E-state index >= 15 is 0 Å². The largest absolute Gasteiger partial charge is 0.453 e. The summed E-state index contributed by atoms with van der Waals surface area (Å²) in [6.07, 6.45) is 1.73. The number of rotatable bonds is 2. The number of hydrogen-bond acceptors (Lipinski definition) is 2. The van der Waals surface area contributed by atoms with Crippen molar-refractivity contribution in [3.63, 3.8) is 0 Å². The van der Waals surface area contributed by atoms with Gasteiger partial charge < -0.3 is 9.72 Å². The third-order valence-electron chi connectivity index (χ3n) is 2.89. The second-order valence-electron chi connectivity index (χ2n) is 4.18. The summed E-state index contributed by atoms with van der Waals surface area (Å²) in [6, 6.07) is 11.8. The molecule has 0 saturated heterocycles. The molecule has 112 valence electrons. The summed E-state index contributed by atoms with van der Waals surface area (Å²) in [5.74, 6) is 0.0416. The van der Waals surface area contributed by atoms with Gasteiger partial charge in [0.05, 0.1) is 16.1 Å². The summed E-state index contributed by atoms with van der Waals surface area (Å²) >= 11 is 5.50. The first-order chi connectivity index (χ1) is 10.7. The fourth-order valence-electron chi connectivity index (χ4n) is 1.95. The highest BCUT2D eigenvalue weighted by Crippen LogP contribution is 2.38. The van der Waals surface area contributed by atoms with Crippen molar-refractivity contribution in [2.75, 3.05) is 4.93 Å². The van der Waals surface area contributed by atoms with E-state index in [0.29, 0.717) is 21.3 Å². The minimum atomic E-state index is -0.478. The lowest BCUT2D eigenvalue weighted by molar-refractivity contribution is 0.440. The lowest BCUT2D eigenvalue weighted by Gasteiger charge is -2.10. The molecular formula is C16H11BrFIN2O. The van der Waals surface area contributed by atoms with E-state index in [0.717, 1.165) is 5.39 Å². The Hall–Kier alpha value is -1.59. The maximum atomic E-state index is 14.1. The number of benzene rings is 2. The molecule has 6 heteroatoms. The zero-order valence-corrected chi connectivity index (χ0v) is 15.3. The topological polar surface area (TPSA) is 48.8 Å². The lowest BCUT2D eigenvalue weighted by Crippen LogP contribution is -1.91. The van der Waals surface area contributed by atoms with Gasteiger partial charge in [0.1, 0.15) is 5.75 Å².